The summed E-state index contributed by atoms with van der Waals surface area (Å²) in [5.74, 6) is -1.91. The third-order valence-electron chi connectivity index (χ3n) is 2.48. The largest absolute Gasteiger partial charge is 0.346 e. The van der Waals surface area contributed by atoms with Crippen LogP contribution in [0.15, 0.2) is 18.2 Å². The molecule has 0 radical (unpaired) electrons. The lowest BCUT2D eigenvalue weighted by Gasteiger charge is -2.09. The van der Waals surface area contributed by atoms with Gasteiger partial charge in [0.05, 0.1) is 12.5 Å². The molecule has 19 heavy (non-hydrogen) atoms. The molecule has 1 amide bonds. The van der Waals surface area contributed by atoms with Gasteiger partial charge in [0.1, 0.15) is 0 Å². The van der Waals surface area contributed by atoms with E-state index in [1.807, 2.05) is 0 Å². The number of tetrazole rings is 1. The quantitative estimate of drug-likeness (QED) is 0.862. The van der Waals surface area contributed by atoms with Gasteiger partial charge in [-0.1, -0.05) is 11.3 Å². The number of nitrogens with zero attached hydrogens (tertiary/aromatic N) is 3. The van der Waals surface area contributed by atoms with Crippen LogP contribution in [0, 0.1) is 11.6 Å². The highest BCUT2D eigenvalue weighted by molar-refractivity contribution is 5.78. The molecular formula is C11H11F2N5O. The van der Waals surface area contributed by atoms with E-state index < -0.39 is 17.7 Å². The van der Waals surface area contributed by atoms with Crippen LogP contribution in [-0.2, 0) is 11.2 Å². The van der Waals surface area contributed by atoms with Crippen molar-refractivity contribution in [2.75, 3.05) is 0 Å². The molecule has 2 N–H and O–H groups in total. The van der Waals surface area contributed by atoms with Crippen LogP contribution < -0.4 is 5.32 Å². The molecule has 0 saturated heterocycles. The number of nitrogens with one attached hydrogen (secondary N) is 2. The van der Waals surface area contributed by atoms with E-state index in [1.165, 1.54) is 6.07 Å². The second kappa shape index (κ2) is 5.51. The number of amides is 1. The van der Waals surface area contributed by atoms with Crippen LogP contribution in [0.25, 0.3) is 0 Å². The average Bonchev–Trinajstić information content (AvgIpc) is 2.87. The number of H-pyrrole nitrogens is 1. The van der Waals surface area contributed by atoms with Gasteiger partial charge in [-0.05, 0) is 24.6 Å². The first kappa shape index (κ1) is 13.1. The maximum Gasteiger partial charge on any atom is 0.225 e. The zero-order valence-electron chi connectivity index (χ0n) is 10.0. The summed E-state index contributed by atoms with van der Waals surface area (Å²) >= 11 is 0. The molecule has 100 valence electrons. The highest BCUT2D eigenvalue weighted by atomic mass is 19.2. The molecule has 0 aliphatic rings. The van der Waals surface area contributed by atoms with Crippen molar-refractivity contribution in [2.45, 2.75) is 19.4 Å². The fraction of sp³-hybridized carbons (Fsp3) is 0.273. The van der Waals surface area contributed by atoms with Crippen molar-refractivity contribution in [3.63, 3.8) is 0 Å². The zero-order valence-corrected chi connectivity index (χ0v) is 10.0. The lowest BCUT2D eigenvalue weighted by Crippen LogP contribution is -2.28. The van der Waals surface area contributed by atoms with E-state index in [2.05, 4.69) is 25.9 Å². The number of benzene rings is 1. The highest BCUT2D eigenvalue weighted by Gasteiger charge is 2.14. The third kappa shape index (κ3) is 3.30. The normalized spacial score (nSPS) is 12.2. The van der Waals surface area contributed by atoms with Crippen LogP contribution in [0.5, 0.6) is 0 Å². The molecule has 0 aliphatic carbocycles. The summed E-state index contributed by atoms with van der Waals surface area (Å²) in [4.78, 5) is 11.7. The van der Waals surface area contributed by atoms with E-state index in [0.717, 1.165) is 12.1 Å². The predicted molar refractivity (Wildman–Crippen MR) is 60.8 cm³/mol. The minimum atomic E-state index is -0.975. The van der Waals surface area contributed by atoms with Crippen LogP contribution in [0.3, 0.4) is 0 Å². The van der Waals surface area contributed by atoms with Gasteiger partial charge in [0.25, 0.3) is 0 Å². The molecule has 2 rings (SSSR count). The second-order valence-corrected chi connectivity index (χ2v) is 3.98. The number of rotatable bonds is 4. The number of carbonyl (C=O) groups is 1. The van der Waals surface area contributed by atoms with Crippen molar-refractivity contribution in [1.82, 2.24) is 25.9 Å². The maximum atomic E-state index is 13.0. The van der Waals surface area contributed by atoms with Crippen LogP contribution in [0.1, 0.15) is 24.4 Å². The summed E-state index contributed by atoms with van der Waals surface area (Å²) in [5.41, 5.74) is 0.386. The molecular weight excluding hydrogens is 256 g/mol. The van der Waals surface area contributed by atoms with E-state index in [-0.39, 0.29) is 12.3 Å². The molecule has 0 spiro atoms. The lowest BCUT2D eigenvalue weighted by molar-refractivity contribution is -0.121. The van der Waals surface area contributed by atoms with Gasteiger partial charge in [0.15, 0.2) is 17.5 Å². The van der Waals surface area contributed by atoms with E-state index >= 15 is 0 Å². The average molecular weight is 267 g/mol. The molecule has 1 atom stereocenters. The Morgan fingerprint density at radius 1 is 1.42 bits per heavy atom. The molecule has 1 aromatic heterocycles. The molecule has 1 aromatic carbocycles. The Morgan fingerprint density at radius 3 is 2.84 bits per heavy atom. The van der Waals surface area contributed by atoms with Gasteiger partial charge in [-0.3, -0.25) is 4.79 Å². The summed E-state index contributed by atoms with van der Waals surface area (Å²) in [6, 6.07) is 2.92. The molecule has 6 nitrogen and oxygen atoms in total. The molecule has 0 saturated carbocycles. The standard InChI is InChI=1S/C11H11F2N5O/c1-6(11-15-17-18-16-11)14-10(19)5-7-2-3-8(12)9(13)4-7/h2-4,6H,5H2,1H3,(H,14,19)(H,15,16,17,18). The number of hydrogen-bond acceptors (Lipinski definition) is 4. The highest BCUT2D eigenvalue weighted by Crippen LogP contribution is 2.10. The summed E-state index contributed by atoms with van der Waals surface area (Å²) in [6.45, 7) is 1.69. The van der Waals surface area contributed by atoms with Crippen LogP contribution in [0.2, 0.25) is 0 Å². The van der Waals surface area contributed by atoms with Crippen molar-refractivity contribution in [1.29, 1.82) is 0 Å². The molecule has 8 heteroatoms. The van der Waals surface area contributed by atoms with Gasteiger partial charge < -0.3 is 5.32 Å². The van der Waals surface area contributed by atoms with Gasteiger partial charge >= 0.3 is 0 Å². The Bertz CT molecular complexity index is 572. The fourth-order valence-corrected chi connectivity index (χ4v) is 1.55. The Morgan fingerprint density at radius 2 is 2.21 bits per heavy atom. The zero-order chi connectivity index (χ0) is 13.8. The minimum absolute atomic E-state index is 0.0562. The first-order chi connectivity index (χ1) is 9.06. The lowest BCUT2D eigenvalue weighted by atomic mass is 10.1. The Balaban J connectivity index is 1.95. The van der Waals surface area contributed by atoms with Crippen molar-refractivity contribution in [3.05, 3.63) is 41.2 Å². The van der Waals surface area contributed by atoms with Crippen LogP contribution in [0.4, 0.5) is 8.78 Å². The van der Waals surface area contributed by atoms with Crippen molar-refractivity contribution < 1.29 is 13.6 Å². The fourth-order valence-electron chi connectivity index (χ4n) is 1.55. The Hall–Kier alpha value is -2.38. The molecule has 0 fully saturated rings. The van der Waals surface area contributed by atoms with E-state index in [9.17, 15) is 13.6 Å². The smallest absolute Gasteiger partial charge is 0.225 e. The van der Waals surface area contributed by atoms with Gasteiger partial charge in [-0.25, -0.2) is 8.78 Å². The van der Waals surface area contributed by atoms with Crippen molar-refractivity contribution in [3.8, 4) is 0 Å². The number of hydrogen-bond donors (Lipinski definition) is 2. The van der Waals surface area contributed by atoms with E-state index in [0.29, 0.717) is 11.4 Å². The maximum absolute atomic E-state index is 13.0. The van der Waals surface area contributed by atoms with E-state index in [1.54, 1.807) is 6.92 Å². The topological polar surface area (TPSA) is 83.6 Å². The summed E-state index contributed by atoms with van der Waals surface area (Å²) in [5, 5.41) is 15.7. The molecule has 0 bridgehead atoms. The van der Waals surface area contributed by atoms with Gasteiger partial charge in [0.2, 0.25) is 5.91 Å². The predicted octanol–water partition coefficient (Wildman–Crippen LogP) is 0.898. The summed E-state index contributed by atoms with van der Waals surface area (Å²) < 4.78 is 25.7. The number of halogens is 2. The number of aromatic nitrogens is 4. The van der Waals surface area contributed by atoms with Crippen LogP contribution >= 0.6 is 0 Å². The number of carbonyl (C=O) groups excluding carboxylic acids is 1. The molecule has 1 unspecified atom stereocenters. The Kier molecular flexibility index (Phi) is 3.79. The molecule has 2 aromatic rings. The van der Waals surface area contributed by atoms with Gasteiger partial charge in [-0.2, -0.15) is 5.21 Å². The Labute approximate surface area is 107 Å². The molecule has 0 aliphatic heterocycles. The van der Waals surface area contributed by atoms with Crippen LogP contribution in [-0.4, -0.2) is 26.5 Å². The second-order valence-electron chi connectivity index (χ2n) is 3.98. The molecule has 1 heterocycles. The van der Waals surface area contributed by atoms with Crippen molar-refractivity contribution >= 4 is 5.91 Å². The van der Waals surface area contributed by atoms with Gasteiger partial charge in [0, 0.05) is 0 Å². The minimum Gasteiger partial charge on any atom is -0.346 e. The SMILES string of the molecule is CC(NC(=O)Cc1ccc(F)c(F)c1)c1nn[nH]n1. The van der Waals surface area contributed by atoms with Gasteiger partial charge in [-0.15, -0.1) is 10.2 Å². The van der Waals surface area contributed by atoms with E-state index in [4.69, 9.17) is 0 Å². The first-order valence-corrected chi connectivity index (χ1v) is 5.53. The summed E-state index contributed by atoms with van der Waals surface area (Å²) in [6.07, 6.45) is -0.0562. The summed E-state index contributed by atoms with van der Waals surface area (Å²) in [7, 11) is 0. The third-order valence-corrected chi connectivity index (χ3v) is 2.48. The monoisotopic (exact) mass is 267 g/mol. The first-order valence-electron chi connectivity index (χ1n) is 5.53. The van der Waals surface area contributed by atoms with Crippen molar-refractivity contribution in [2.24, 2.45) is 0 Å². The number of aromatic amines is 1.